The maximum Gasteiger partial charge on any atom is 0.107 e. The molecule has 0 unspecified atom stereocenters. The van der Waals surface area contributed by atoms with Gasteiger partial charge >= 0.3 is 0 Å². The molecule has 0 N–H and O–H groups in total. The van der Waals surface area contributed by atoms with E-state index in [1.54, 1.807) is 0 Å². The third-order valence-electron chi connectivity index (χ3n) is 3.84. The number of aryl methyl sites for hydroxylation is 1. The molecule has 0 amide bonds. The summed E-state index contributed by atoms with van der Waals surface area (Å²) in [5, 5.41) is 0. The molecule has 0 saturated carbocycles. The Morgan fingerprint density at radius 1 is 1.33 bits per heavy atom. The van der Waals surface area contributed by atoms with Crippen molar-refractivity contribution >= 4 is 0 Å². The molecule has 1 aliphatic carbocycles. The summed E-state index contributed by atoms with van der Waals surface area (Å²) in [6.45, 7) is 12.8. The fraction of sp³-hybridized carbons (Fsp3) is 0.571. The van der Waals surface area contributed by atoms with Gasteiger partial charge in [-0.05, 0) is 50.2 Å². The van der Waals surface area contributed by atoms with E-state index in [2.05, 4.69) is 34.3 Å². The minimum atomic E-state index is 0.633. The molecule has 1 heteroatoms. The zero-order valence-corrected chi connectivity index (χ0v) is 10.2. The first-order valence-electron chi connectivity index (χ1n) is 5.73. The van der Waals surface area contributed by atoms with Crippen LogP contribution in [0.5, 0.6) is 0 Å². The third-order valence-corrected chi connectivity index (χ3v) is 3.84. The van der Waals surface area contributed by atoms with Crippen LogP contribution in [0.3, 0.4) is 0 Å². The third kappa shape index (κ3) is 1.64. The molecule has 1 aliphatic rings. The van der Waals surface area contributed by atoms with Gasteiger partial charge in [0.1, 0.15) is 11.5 Å². The van der Waals surface area contributed by atoms with Gasteiger partial charge in [-0.25, -0.2) is 0 Å². The van der Waals surface area contributed by atoms with Crippen molar-refractivity contribution in [3.8, 4) is 0 Å². The second-order valence-corrected chi connectivity index (χ2v) is 5.02. The minimum Gasteiger partial charge on any atom is -0.466 e. The number of rotatable bonds is 1. The lowest BCUT2D eigenvalue weighted by atomic mass is 9.76. The summed E-state index contributed by atoms with van der Waals surface area (Å²) in [4.78, 5) is 0. The van der Waals surface area contributed by atoms with E-state index in [0.717, 1.165) is 18.6 Å². The van der Waals surface area contributed by atoms with E-state index in [9.17, 15) is 0 Å². The number of hydrogen-bond donors (Lipinski definition) is 0. The molecule has 82 valence electrons. The van der Waals surface area contributed by atoms with Crippen molar-refractivity contribution < 1.29 is 4.42 Å². The van der Waals surface area contributed by atoms with Crippen LogP contribution in [-0.2, 0) is 12.8 Å². The Morgan fingerprint density at radius 3 is 2.60 bits per heavy atom. The lowest BCUT2D eigenvalue weighted by Gasteiger charge is -2.28. The maximum atomic E-state index is 5.81. The smallest absolute Gasteiger partial charge is 0.107 e. The van der Waals surface area contributed by atoms with Gasteiger partial charge in [0.2, 0.25) is 0 Å². The lowest BCUT2D eigenvalue weighted by molar-refractivity contribution is 0.337. The zero-order valence-electron chi connectivity index (χ0n) is 10.2. The van der Waals surface area contributed by atoms with Crippen LogP contribution >= 0.6 is 0 Å². The molecule has 0 aromatic carbocycles. The van der Waals surface area contributed by atoms with Gasteiger partial charge in [-0.3, -0.25) is 0 Å². The Hall–Kier alpha value is -0.980. The van der Waals surface area contributed by atoms with E-state index in [4.69, 9.17) is 4.42 Å². The standard InChI is InChI=1S/C14H20O/c1-8(2)12-7-13-10(4)11(5)15-14(13)6-9(12)3/h9,12H,1,6-7H2,2-5H3/t9-,12+/m1/s1. The van der Waals surface area contributed by atoms with Crippen LogP contribution in [0.4, 0.5) is 0 Å². The Morgan fingerprint density at radius 2 is 2.00 bits per heavy atom. The predicted molar refractivity (Wildman–Crippen MR) is 63.1 cm³/mol. The summed E-state index contributed by atoms with van der Waals surface area (Å²) in [7, 11) is 0. The Kier molecular flexibility index (Phi) is 2.49. The number of hydrogen-bond acceptors (Lipinski definition) is 1. The summed E-state index contributed by atoms with van der Waals surface area (Å²) < 4.78 is 5.81. The number of furan rings is 1. The average Bonchev–Trinajstić information content (AvgIpc) is 2.41. The first-order valence-corrected chi connectivity index (χ1v) is 5.73. The SMILES string of the molecule is C=C(C)[C@@H]1Cc2c(oc(C)c2C)C[C@H]1C. The highest BCUT2D eigenvalue weighted by molar-refractivity contribution is 5.35. The Labute approximate surface area is 92.2 Å². The molecule has 2 rings (SSSR count). The molecular formula is C14H20O. The highest BCUT2D eigenvalue weighted by Crippen LogP contribution is 2.37. The first kappa shape index (κ1) is 10.5. The van der Waals surface area contributed by atoms with Gasteiger partial charge in [-0.15, -0.1) is 0 Å². The van der Waals surface area contributed by atoms with Crippen molar-refractivity contribution in [2.45, 2.75) is 40.5 Å². The van der Waals surface area contributed by atoms with Gasteiger partial charge in [0.05, 0.1) is 0 Å². The molecular weight excluding hydrogens is 184 g/mol. The molecule has 0 bridgehead atoms. The van der Waals surface area contributed by atoms with Crippen molar-refractivity contribution in [1.82, 2.24) is 0 Å². The fourth-order valence-electron chi connectivity index (χ4n) is 2.69. The van der Waals surface area contributed by atoms with Gasteiger partial charge in [0.25, 0.3) is 0 Å². The van der Waals surface area contributed by atoms with Crippen LogP contribution in [0.15, 0.2) is 16.6 Å². The van der Waals surface area contributed by atoms with Crippen LogP contribution in [0.2, 0.25) is 0 Å². The molecule has 2 atom stereocenters. The second-order valence-electron chi connectivity index (χ2n) is 5.02. The summed E-state index contributed by atoms with van der Waals surface area (Å²) >= 11 is 0. The van der Waals surface area contributed by atoms with Crippen molar-refractivity contribution in [2.75, 3.05) is 0 Å². The molecule has 1 nitrogen and oxygen atoms in total. The van der Waals surface area contributed by atoms with Crippen LogP contribution < -0.4 is 0 Å². The van der Waals surface area contributed by atoms with Crippen LogP contribution in [0, 0.1) is 25.7 Å². The van der Waals surface area contributed by atoms with E-state index in [-0.39, 0.29) is 0 Å². The molecule has 1 aromatic rings. The van der Waals surface area contributed by atoms with Crippen molar-refractivity contribution in [1.29, 1.82) is 0 Å². The predicted octanol–water partition coefficient (Wildman–Crippen LogP) is 3.82. The molecule has 0 aliphatic heterocycles. The van der Waals surface area contributed by atoms with E-state index in [0.29, 0.717) is 11.8 Å². The van der Waals surface area contributed by atoms with Gasteiger partial charge in [-0.1, -0.05) is 19.1 Å². The average molecular weight is 204 g/mol. The highest BCUT2D eigenvalue weighted by atomic mass is 16.3. The molecule has 0 radical (unpaired) electrons. The summed E-state index contributed by atoms with van der Waals surface area (Å²) in [5.74, 6) is 3.61. The molecule has 1 aromatic heterocycles. The van der Waals surface area contributed by atoms with Crippen molar-refractivity contribution in [3.05, 3.63) is 34.8 Å². The van der Waals surface area contributed by atoms with E-state index in [1.807, 2.05) is 0 Å². The van der Waals surface area contributed by atoms with Crippen LogP contribution in [0.1, 0.15) is 36.5 Å². The quantitative estimate of drug-likeness (QED) is 0.634. The van der Waals surface area contributed by atoms with E-state index in [1.165, 1.54) is 22.5 Å². The second kappa shape index (κ2) is 3.55. The number of fused-ring (bicyclic) bond motifs is 1. The van der Waals surface area contributed by atoms with Gasteiger partial charge in [0, 0.05) is 6.42 Å². The van der Waals surface area contributed by atoms with Crippen molar-refractivity contribution in [2.24, 2.45) is 11.8 Å². The normalized spacial score (nSPS) is 25.1. The monoisotopic (exact) mass is 204 g/mol. The highest BCUT2D eigenvalue weighted by Gasteiger charge is 2.29. The van der Waals surface area contributed by atoms with E-state index < -0.39 is 0 Å². The summed E-state index contributed by atoms with van der Waals surface area (Å²) in [6.07, 6.45) is 2.19. The Balaban J connectivity index is 2.39. The minimum absolute atomic E-state index is 0.633. The molecule has 0 spiro atoms. The first-order chi connectivity index (χ1) is 7.00. The largest absolute Gasteiger partial charge is 0.466 e. The maximum absolute atomic E-state index is 5.81. The molecule has 0 saturated heterocycles. The van der Waals surface area contributed by atoms with Gasteiger partial charge in [0.15, 0.2) is 0 Å². The van der Waals surface area contributed by atoms with Crippen LogP contribution in [0.25, 0.3) is 0 Å². The zero-order chi connectivity index (χ0) is 11.2. The number of allylic oxidation sites excluding steroid dienone is 1. The van der Waals surface area contributed by atoms with Crippen LogP contribution in [-0.4, -0.2) is 0 Å². The molecule has 15 heavy (non-hydrogen) atoms. The fourth-order valence-corrected chi connectivity index (χ4v) is 2.69. The van der Waals surface area contributed by atoms with Gasteiger partial charge < -0.3 is 4.42 Å². The Bertz CT molecular complexity index is 398. The molecule has 0 fully saturated rings. The summed E-state index contributed by atoms with van der Waals surface area (Å²) in [6, 6.07) is 0. The van der Waals surface area contributed by atoms with Gasteiger partial charge in [-0.2, -0.15) is 0 Å². The van der Waals surface area contributed by atoms with Crippen molar-refractivity contribution in [3.63, 3.8) is 0 Å². The van der Waals surface area contributed by atoms with E-state index >= 15 is 0 Å². The molecule has 1 heterocycles. The topological polar surface area (TPSA) is 13.1 Å². The summed E-state index contributed by atoms with van der Waals surface area (Å²) in [5.41, 5.74) is 4.10. The lowest BCUT2D eigenvalue weighted by Crippen LogP contribution is -2.23.